The van der Waals surface area contributed by atoms with Gasteiger partial charge in [-0.05, 0) is 25.2 Å². The van der Waals surface area contributed by atoms with E-state index in [4.69, 9.17) is 10.5 Å². The highest BCUT2D eigenvalue weighted by molar-refractivity contribution is 6.02. The standard InChI is InChI=1S/C17H17N3O3/c1-2-23-17(22)13-10-20-8-4-3-5-15(20)19-16(13)12-9-11(21)6-7-14(12)18/h3-5,7-9H,2,6,10,18H2,1H3. The van der Waals surface area contributed by atoms with Crippen LogP contribution in [-0.4, -0.2) is 35.6 Å². The summed E-state index contributed by atoms with van der Waals surface area (Å²) in [6, 6.07) is 0. The van der Waals surface area contributed by atoms with Crippen molar-refractivity contribution < 1.29 is 14.3 Å². The van der Waals surface area contributed by atoms with E-state index in [1.165, 1.54) is 6.08 Å². The van der Waals surface area contributed by atoms with E-state index in [9.17, 15) is 9.59 Å². The van der Waals surface area contributed by atoms with Crippen molar-refractivity contribution in [3.63, 3.8) is 0 Å². The molecule has 0 radical (unpaired) electrons. The zero-order valence-corrected chi connectivity index (χ0v) is 12.8. The van der Waals surface area contributed by atoms with Gasteiger partial charge >= 0.3 is 5.97 Å². The lowest BCUT2D eigenvalue weighted by Crippen LogP contribution is -2.35. The number of allylic oxidation sites excluding steroid dienone is 4. The molecule has 6 nitrogen and oxygen atoms in total. The second kappa shape index (κ2) is 6.08. The van der Waals surface area contributed by atoms with E-state index in [0.29, 0.717) is 34.9 Å². The molecule has 0 aromatic heterocycles. The molecule has 3 aliphatic rings. The Hall–Kier alpha value is -2.89. The molecule has 2 aliphatic heterocycles. The summed E-state index contributed by atoms with van der Waals surface area (Å²) < 4.78 is 5.14. The summed E-state index contributed by atoms with van der Waals surface area (Å²) in [5, 5.41) is 0. The molecule has 2 N–H and O–H groups in total. The fourth-order valence-electron chi connectivity index (χ4n) is 2.56. The number of esters is 1. The Labute approximate surface area is 134 Å². The van der Waals surface area contributed by atoms with E-state index in [-0.39, 0.29) is 18.8 Å². The van der Waals surface area contributed by atoms with Crippen LogP contribution in [0.25, 0.3) is 0 Å². The Morgan fingerprint density at radius 3 is 3.04 bits per heavy atom. The van der Waals surface area contributed by atoms with Gasteiger partial charge in [0.05, 0.1) is 24.4 Å². The quantitative estimate of drug-likeness (QED) is 0.795. The number of hydrogen-bond donors (Lipinski definition) is 1. The molecular weight excluding hydrogens is 294 g/mol. The predicted molar refractivity (Wildman–Crippen MR) is 86.1 cm³/mol. The molecule has 0 bridgehead atoms. The minimum absolute atomic E-state index is 0.0633. The maximum atomic E-state index is 12.3. The van der Waals surface area contributed by atoms with Gasteiger partial charge in [-0.15, -0.1) is 0 Å². The van der Waals surface area contributed by atoms with Crippen LogP contribution < -0.4 is 5.73 Å². The molecule has 0 saturated heterocycles. The second-order valence-electron chi connectivity index (χ2n) is 5.23. The van der Waals surface area contributed by atoms with Crippen molar-refractivity contribution in [2.24, 2.45) is 10.7 Å². The number of carbonyl (C=O) groups excluding carboxylic acids is 2. The lowest BCUT2D eigenvalue weighted by molar-refractivity contribution is -0.138. The first-order valence-corrected chi connectivity index (χ1v) is 7.41. The number of nitrogens with two attached hydrogens (primary N) is 1. The fraction of sp³-hybridized carbons (Fsp3) is 0.235. The van der Waals surface area contributed by atoms with Gasteiger partial charge in [0, 0.05) is 23.9 Å². The average Bonchev–Trinajstić information content (AvgIpc) is 2.56. The topological polar surface area (TPSA) is 85.0 Å². The summed E-state index contributed by atoms with van der Waals surface area (Å²) in [5.41, 5.74) is 7.76. The number of ketones is 1. The molecule has 6 heteroatoms. The number of amidine groups is 1. The van der Waals surface area contributed by atoms with E-state index >= 15 is 0 Å². The van der Waals surface area contributed by atoms with Crippen LogP contribution in [0.3, 0.4) is 0 Å². The maximum Gasteiger partial charge on any atom is 0.338 e. The molecule has 118 valence electrons. The third-order valence-corrected chi connectivity index (χ3v) is 3.67. The third kappa shape index (κ3) is 2.88. The zero-order valence-electron chi connectivity index (χ0n) is 12.8. The average molecular weight is 311 g/mol. The highest BCUT2D eigenvalue weighted by atomic mass is 16.5. The third-order valence-electron chi connectivity index (χ3n) is 3.67. The highest BCUT2D eigenvalue weighted by Crippen LogP contribution is 2.29. The molecule has 0 fully saturated rings. The van der Waals surface area contributed by atoms with Crippen molar-refractivity contribution in [3.8, 4) is 0 Å². The number of ether oxygens (including phenoxy) is 1. The smallest absolute Gasteiger partial charge is 0.338 e. The summed E-state index contributed by atoms with van der Waals surface area (Å²) in [7, 11) is 0. The number of nitrogens with zero attached hydrogens (tertiary/aromatic N) is 2. The molecule has 0 saturated carbocycles. The van der Waals surface area contributed by atoms with Crippen LogP contribution in [0.5, 0.6) is 0 Å². The Kier molecular flexibility index (Phi) is 3.97. The molecule has 0 unspecified atom stereocenters. The maximum absolute atomic E-state index is 12.3. The van der Waals surface area contributed by atoms with Crippen LogP contribution in [-0.2, 0) is 14.3 Å². The Morgan fingerprint density at radius 2 is 2.26 bits per heavy atom. The van der Waals surface area contributed by atoms with Gasteiger partial charge in [-0.3, -0.25) is 4.79 Å². The van der Waals surface area contributed by atoms with Gasteiger partial charge < -0.3 is 15.4 Å². The van der Waals surface area contributed by atoms with Gasteiger partial charge in [0.1, 0.15) is 5.84 Å². The molecule has 0 spiro atoms. The van der Waals surface area contributed by atoms with E-state index in [2.05, 4.69) is 4.99 Å². The summed E-state index contributed by atoms with van der Waals surface area (Å²) >= 11 is 0. The lowest BCUT2D eigenvalue weighted by Gasteiger charge is -2.29. The normalized spacial score (nSPS) is 20.0. The van der Waals surface area contributed by atoms with Crippen molar-refractivity contribution in [1.82, 2.24) is 4.90 Å². The monoisotopic (exact) mass is 311 g/mol. The van der Waals surface area contributed by atoms with E-state index in [1.54, 1.807) is 13.0 Å². The predicted octanol–water partition coefficient (Wildman–Crippen LogP) is 1.34. The van der Waals surface area contributed by atoms with Crippen LogP contribution >= 0.6 is 0 Å². The van der Waals surface area contributed by atoms with E-state index in [1.807, 2.05) is 29.3 Å². The van der Waals surface area contributed by atoms with Gasteiger partial charge in [0.25, 0.3) is 0 Å². The summed E-state index contributed by atoms with van der Waals surface area (Å²) in [6.07, 6.45) is 10.8. The van der Waals surface area contributed by atoms with Crippen molar-refractivity contribution in [3.05, 3.63) is 59.1 Å². The zero-order chi connectivity index (χ0) is 16.4. The summed E-state index contributed by atoms with van der Waals surface area (Å²) in [4.78, 5) is 30.5. The van der Waals surface area contributed by atoms with Crippen LogP contribution in [0.4, 0.5) is 0 Å². The Balaban J connectivity index is 2.11. The lowest BCUT2D eigenvalue weighted by atomic mass is 9.96. The number of hydrogen-bond acceptors (Lipinski definition) is 6. The molecule has 0 aromatic rings. The Morgan fingerprint density at radius 1 is 1.43 bits per heavy atom. The number of carbonyl (C=O) groups is 2. The molecule has 0 atom stereocenters. The summed E-state index contributed by atoms with van der Waals surface area (Å²) in [6.45, 7) is 2.34. The fourth-order valence-corrected chi connectivity index (χ4v) is 2.56. The number of rotatable bonds is 3. The molecule has 3 rings (SSSR count). The number of aliphatic imine (C=N–C) groups is 1. The van der Waals surface area contributed by atoms with Gasteiger partial charge in [0.2, 0.25) is 0 Å². The molecule has 0 amide bonds. The number of fused-ring (bicyclic) bond motifs is 1. The van der Waals surface area contributed by atoms with Crippen LogP contribution in [0.15, 0.2) is 64.1 Å². The van der Waals surface area contributed by atoms with Crippen molar-refractivity contribution in [1.29, 1.82) is 0 Å². The highest BCUT2D eigenvalue weighted by Gasteiger charge is 2.29. The first-order valence-electron chi connectivity index (χ1n) is 7.41. The van der Waals surface area contributed by atoms with Crippen molar-refractivity contribution >= 4 is 17.6 Å². The van der Waals surface area contributed by atoms with Gasteiger partial charge in [0.15, 0.2) is 5.78 Å². The van der Waals surface area contributed by atoms with Crippen LogP contribution in [0.2, 0.25) is 0 Å². The van der Waals surface area contributed by atoms with E-state index in [0.717, 1.165) is 0 Å². The summed E-state index contributed by atoms with van der Waals surface area (Å²) in [5.74, 6) is 0.189. The molecule has 23 heavy (non-hydrogen) atoms. The van der Waals surface area contributed by atoms with Crippen LogP contribution in [0, 0.1) is 0 Å². The first-order chi connectivity index (χ1) is 11.1. The molecule has 1 aliphatic carbocycles. The minimum atomic E-state index is -0.444. The molecule has 0 aromatic carbocycles. The minimum Gasteiger partial charge on any atom is -0.463 e. The van der Waals surface area contributed by atoms with E-state index < -0.39 is 5.97 Å². The first kappa shape index (κ1) is 15.0. The van der Waals surface area contributed by atoms with Gasteiger partial charge in [-0.2, -0.15) is 0 Å². The van der Waals surface area contributed by atoms with Crippen molar-refractivity contribution in [2.45, 2.75) is 13.3 Å². The SMILES string of the molecule is CCOC(=O)C1=C(C2=CC(=O)CC=C2N)N=C2C=CC=CN2C1. The molecular formula is C17H17N3O3. The van der Waals surface area contributed by atoms with Crippen molar-refractivity contribution in [2.75, 3.05) is 13.2 Å². The second-order valence-corrected chi connectivity index (χ2v) is 5.23. The molecule has 2 heterocycles. The largest absolute Gasteiger partial charge is 0.463 e. The van der Waals surface area contributed by atoms with Crippen LogP contribution in [0.1, 0.15) is 13.3 Å². The van der Waals surface area contributed by atoms with Gasteiger partial charge in [-0.1, -0.05) is 12.2 Å². The Bertz CT molecular complexity index is 751. The van der Waals surface area contributed by atoms with Gasteiger partial charge in [-0.25, -0.2) is 9.79 Å².